The second-order valence-electron chi connectivity index (χ2n) is 5.21. The molecule has 7 heteroatoms. The summed E-state index contributed by atoms with van der Waals surface area (Å²) in [5, 5.41) is 29.5. The molecule has 0 amide bonds. The molecule has 1 aromatic carbocycles. The number of nitrogens with zero attached hydrogens (tertiary/aromatic N) is 4. The minimum atomic E-state index is -0.418. The molecule has 0 spiro atoms. The predicted molar refractivity (Wildman–Crippen MR) is 78.1 cm³/mol. The van der Waals surface area contributed by atoms with Gasteiger partial charge in [-0.1, -0.05) is 0 Å². The van der Waals surface area contributed by atoms with E-state index >= 15 is 0 Å². The summed E-state index contributed by atoms with van der Waals surface area (Å²) in [5.41, 5.74) is 0.940. The van der Waals surface area contributed by atoms with Crippen LogP contribution >= 0.6 is 0 Å². The van der Waals surface area contributed by atoms with Gasteiger partial charge in [0.25, 0.3) is 5.69 Å². The highest BCUT2D eigenvalue weighted by atomic mass is 16.6. The van der Waals surface area contributed by atoms with Gasteiger partial charge in [-0.05, 0) is 19.1 Å². The highest BCUT2D eigenvalue weighted by Crippen LogP contribution is 2.29. The van der Waals surface area contributed by atoms with Crippen LogP contribution < -0.4 is 4.90 Å². The van der Waals surface area contributed by atoms with Gasteiger partial charge in [0, 0.05) is 38.8 Å². The molecule has 2 rings (SSSR count). The van der Waals surface area contributed by atoms with E-state index in [1.54, 1.807) is 13.0 Å². The highest BCUT2D eigenvalue weighted by molar-refractivity contribution is 5.66. The maximum atomic E-state index is 11.1. The Kier molecular flexibility index (Phi) is 4.73. The monoisotopic (exact) mass is 290 g/mol. The summed E-state index contributed by atoms with van der Waals surface area (Å²) in [4.78, 5) is 14.8. The molecule has 21 heavy (non-hydrogen) atoms. The number of benzene rings is 1. The Labute approximate surface area is 123 Å². The van der Waals surface area contributed by atoms with Crippen LogP contribution in [0.1, 0.15) is 12.5 Å². The van der Waals surface area contributed by atoms with Crippen LogP contribution in [0.25, 0.3) is 0 Å². The maximum absolute atomic E-state index is 11.1. The summed E-state index contributed by atoms with van der Waals surface area (Å²) in [5.74, 6) is 0. The van der Waals surface area contributed by atoms with E-state index in [1.807, 2.05) is 11.0 Å². The fourth-order valence-electron chi connectivity index (χ4n) is 2.55. The number of nitro benzene ring substituents is 1. The molecule has 0 unspecified atom stereocenters. The molecule has 0 radical (unpaired) electrons. The Hall–Kier alpha value is -2.17. The second-order valence-corrected chi connectivity index (χ2v) is 5.21. The molecule has 1 aliphatic heterocycles. The van der Waals surface area contributed by atoms with Crippen LogP contribution in [0.15, 0.2) is 18.2 Å². The molecule has 1 saturated heterocycles. The van der Waals surface area contributed by atoms with Crippen molar-refractivity contribution >= 4 is 11.4 Å². The molecule has 0 bridgehead atoms. The summed E-state index contributed by atoms with van der Waals surface area (Å²) < 4.78 is 0. The first-order valence-electron chi connectivity index (χ1n) is 6.85. The van der Waals surface area contributed by atoms with Crippen molar-refractivity contribution < 1.29 is 10.0 Å². The quantitative estimate of drug-likeness (QED) is 0.656. The lowest BCUT2D eigenvalue weighted by molar-refractivity contribution is -0.384. The van der Waals surface area contributed by atoms with Crippen LogP contribution in [0.2, 0.25) is 0 Å². The fourth-order valence-corrected chi connectivity index (χ4v) is 2.55. The number of hydrogen-bond donors (Lipinski definition) is 1. The Morgan fingerprint density at radius 1 is 1.43 bits per heavy atom. The van der Waals surface area contributed by atoms with Crippen LogP contribution in [0, 0.1) is 21.4 Å². The molecule has 1 heterocycles. The van der Waals surface area contributed by atoms with Crippen molar-refractivity contribution in [2.24, 2.45) is 0 Å². The molecular weight excluding hydrogens is 272 g/mol. The molecule has 1 atom stereocenters. The first kappa shape index (κ1) is 15.2. The van der Waals surface area contributed by atoms with Crippen molar-refractivity contribution in [3.8, 4) is 6.07 Å². The SMILES string of the molecule is C[C@@H](O)CN1CCN(c2cc(C#N)ccc2[N+](=O)[O-])CC1. The third-order valence-electron chi connectivity index (χ3n) is 3.54. The summed E-state index contributed by atoms with van der Waals surface area (Å²) in [6, 6.07) is 6.44. The van der Waals surface area contributed by atoms with Gasteiger partial charge in [-0.25, -0.2) is 0 Å². The van der Waals surface area contributed by atoms with E-state index in [9.17, 15) is 15.2 Å². The second kappa shape index (κ2) is 6.52. The standard InChI is InChI=1S/C14H18N4O3/c1-11(19)10-16-4-6-17(7-5-16)14-8-12(9-15)2-3-13(14)18(20)21/h2-3,8,11,19H,4-7,10H2,1H3/t11-/m1/s1. The van der Waals surface area contributed by atoms with Gasteiger partial charge in [-0.2, -0.15) is 5.26 Å². The van der Waals surface area contributed by atoms with E-state index < -0.39 is 4.92 Å². The number of nitriles is 1. The number of anilines is 1. The first-order chi connectivity index (χ1) is 10.0. The van der Waals surface area contributed by atoms with Crippen LogP contribution in [0.5, 0.6) is 0 Å². The molecule has 0 aliphatic carbocycles. The van der Waals surface area contributed by atoms with E-state index in [2.05, 4.69) is 4.90 Å². The van der Waals surface area contributed by atoms with Crippen molar-refractivity contribution in [3.05, 3.63) is 33.9 Å². The smallest absolute Gasteiger partial charge is 0.292 e. The number of nitro groups is 1. The lowest BCUT2D eigenvalue weighted by atomic mass is 10.1. The average Bonchev–Trinajstić information content (AvgIpc) is 2.46. The van der Waals surface area contributed by atoms with E-state index in [4.69, 9.17) is 5.26 Å². The van der Waals surface area contributed by atoms with Gasteiger partial charge < -0.3 is 10.0 Å². The fraction of sp³-hybridized carbons (Fsp3) is 0.500. The minimum absolute atomic E-state index is 0.0259. The normalized spacial score (nSPS) is 17.3. The number of hydrogen-bond acceptors (Lipinski definition) is 6. The maximum Gasteiger partial charge on any atom is 0.292 e. The van der Waals surface area contributed by atoms with Gasteiger partial charge in [0.1, 0.15) is 5.69 Å². The number of rotatable bonds is 4. The molecule has 1 N–H and O–H groups in total. The summed E-state index contributed by atoms with van der Waals surface area (Å²) in [6.45, 7) is 5.10. The largest absolute Gasteiger partial charge is 0.392 e. The number of β-amino-alcohol motifs (C(OH)–C–C–N with tert-alkyl or cyclic N) is 1. The third kappa shape index (κ3) is 3.68. The summed E-state index contributed by atoms with van der Waals surface area (Å²) >= 11 is 0. The van der Waals surface area contributed by atoms with Crippen molar-refractivity contribution in [2.45, 2.75) is 13.0 Å². The lowest BCUT2D eigenvalue weighted by Crippen LogP contribution is -2.48. The van der Waals surface area contributed by atoms with Gasteiger partial charge in [0.2, 0.25) is 0 Å². The van der Waals surface area contributed by atoms with Crippen molar-refractivity contribution in [1.29, 1.82) is 5.26 Å². The van der Waals surface area contributed by atoms with Crippen LogP contribution in [-0.4, -0.2) is 53.8 Å². The van der Waals surface area contributed by atoms with Gasteiger partial charge in [0.05, 0.1) is 22.7 Å². The topological polar surface area (TPSA) is 93.6 Å². The number of aliphatic hydroxyl groups is 1. The number of aliphatic hydroxyl groups excluding tert-OH is 1. The van der Waals surface area contributed by atoms with Crippen LogP contribution in [0.3, 0.4) is 0 Å². The van der Waals surface area contributed by atoms with Gasteiger partial charge in [0.15, 0.2) is 0 Å². The Morgan fingerprint density at radius 3 is 2.62 bits per heavy atom. The minimum Gasteiger partial charge on any atom is -0.392 e. The molecular formula is C14H18N4O3. The van der Waals surface area contributed by atoms with Gasteiger partial charge in [-0.15, -0.1) is 0 Å². The van der Waals surface area contributed by atoms with Gasteiger partial charge in [-0.3, -0.25) is 15.0 Å². The summed E-state index contributed by atoms with van der Waals surface area (Å²) in [6.07, 6.45) is -0.382. The van der Waals surface area contributed by atoms with Crippen molar-refractivity contribution in [3.63, 3.8) is 0 Å². The average molecular weight is 290 g/mol. The Balaban J connectivity index is 2.16. The zero-order valence-corrected chi connectivity index (χ0v) is 11.9. The molecule has 1 aliphatic rings. The zero-order valence-electron chi connectivity index (χ0n) is 11.9. The molecule has 1 fully saturated rings. The number of piperazine rings is 1. The van der Waals surface area contributed by atoms with E-state index in [1.165, 1.54) is 12.1 Å². The van der Waals surface area contributed by atoms with E-state index in [0.717, 1.165) is 13.1 Å². The highest BCUT2D eigenvalue weighted by Gasteiger charge is 2.24. The van der Waals surface area contributed by atoms with E-state index in [0.29, 0.717) is 30.9 Å². The Morgan fingerprint density at radius 2 is 2.10 bits per heavy atom. The third-order valence-corrected chi connectivity index (χ3v) is 3.54. The van der Waals surface area contributed by atoms with Gasteiger partial charge >= 0.3 is 0 Å². The van der Waals surface area contributed by atoms with Crippen molar-refractivity contribution in [1.82, 2.24) is 4.90 Å². The van der Waals surface area contributed by atoms with Crippen molar-refractivity contribution in [2.75, 3.05) is 37.6 Å². The van der Waals surface area contributed by atoms with E-state index in [-0.39, 0.29) is 11.8 Å². The lowest BCUT2D eigenvalue weighted by Gasteiger charge is -2.36. The molecule has 7 nitrogen and oxygen atoms in total. The molecule has 112 valence electrons. The zero-order chi connectivity index (χ0) is 15.4. The summed E-state index contributed by atoms with van der Waals surface area (Å²) in [7, 11) is 0. The Bertz CT molecular complexity index is 560. The van der Waals surface area contributed by atoms with Crippen LogP contribution in [0.4, 0.5) is 11.4 Å². The molecule has 0 saturated carbocycles. The predicted octanol–water partition coefficient (Wildman–Crippen LogP) is 0.969. The molecule has 1 aromatic rings. The first-order valence-corrected chi connectivity index (χ1v) is 6.85. The molecule has 0 aromatic heterocycles. The van der Waals surface area contributed by atoms with Crippen LogP contribution in [-0.2, 0) is 0 Å².